The fourth-order valence-corrected chi connectivity index (χ4v) is 2.75. The van der Waals surface area contributed by atoms with Gasteiger partial charge >= 0.3 is 0 Å². The summed E-state index contributed by atoms with van der Waals surface area (Å²) in [5, 5.41) is 2.88. The predicted molar refractivity (Wildman–Crippen MR) is 74.2 cm³/mol. The third-order valence-corrected chi connectivity index (χ3v) is 4.36. The zero-order chi connectivity index (χ0) is 14.9. The monoisotopic (exact) mass is 282 g/mol. The minimum absolute atomic E-state index is 0.0281. The fourth-order valence-electron chi connectivity index (χ4n) is 2.75. The predicted octanol–water partition coefficient (Wildman–Crippen LogP) is 3.10. The lowest BCUT2D eigenvalue weighted by molar-refractivity contribution is 0.0890. The number of benzene rings is 1. The van der Waals surface area contributed by atoms with E-state index in [1.807, 2.05) is 0 Å². The smallest absolute Gasteiger partial charge is 0.251 e. The van der Waals surface area contributed by atoms with Crippen LogP contribution in [0.3, 0.4) is 0 Å². The lowest BCUT2D eigenvalue weighted by Gasteiger charge is -2.34. The van der Waals surface area contributed by atoms with Crippen molar-refractivity contribution in [3.63, 3.8) is 0 Å². The van der Waals surface area contributed by atoms with E-state index in [2.05, 4.69) is 19.2 Å². The van der Waals surface area contributed by atoms with Crippen molar-refractivity contribution in [2.45, 2.75) is 39.2 Å². The SMILES string of the molecule is CC1CCCC(NC(=O)c2cc(F)c(N)c(F)c2)C1C. The second kappa shape index (κ2) is 5.77. The highest BCUT2D eigenvalue weighted by molar-refractivity contribution is 5.94. The molecule has 0 heterocycles. The van der Waals surface area contributed by atoms with Crippen molar-refractivity contribution in [1.29, 1.82) is 0 Å². The van der Waals surface area contributed by atoms with Crippen LogP contribution in [0.15, 0.2) is 12.1 Å². The molecule has 0 bridgehead atoms. The van der Waals surface area contributed by atoms with Crippen molar-refractivity contribution in [3.05, 3.63) is 29.3 Å². The van der Waals surface area contributed by atoms with Gasteiger partial charge in [0, 0.05) is 11.6 Å². The number of nitrogens with two attached hydrogens (primary N) is 1. The highest BCUT2D eigenvalue weighted by Crippen LogP contribution is 2.29. The van der Waals surface area contributed by atoms with Crippen molar-refractivity contribution >= 4 is 11.6 Å². The maximum atomic E-state index is 13.4. The second-order valence-corrected chi connectivity index (χ2v) is 5.70. The van der Waals surface area contributed by atoms with Gasteiger partial charge in [-0.25, -0.2) is 8.78 Å². The van der Waals surface area contributed by atoms with Gasteiger partial charge in [0.05, 0.1) is 0 Å². The number of carbonyl (C=O) groups excluding carboxylic acids is 1. The second-order valence-electron chi connectivity index (χ2n) is 5.70. The summed E-state index contributed by atoms with van der Waals surface area (Å²) in [4.78, 5) is 12.1. The number of hydrogen-bond donors (Lipinski definition) is 2. The van der Waals surface area contributed by atoms with E-state index in [0.717, 1.165) is 31.4 Å². The summed E-state index contributed by atoms with van der Waals surface area (Å²) in [6.07, 6.45) is 3.11. The molecule has 110 valence electrons. The fraction of sp³-hybridized carbons (Fsp3) is 0.533. The van der Waals surface area contributed by atoms with Crippen LogP contribution in [0, 0.1) is 23.5 Å². The van der Waals surface area contributed by atoms with E-state index in [1.54, 1.807) is 0 Å². The van der Waals surface area contributed by atoms with Crippen molar-refractivity contribution < 1.29 is 13.6 Å². The Bertz CT molecular complexity index is 496. The Kier molecular flexibility index (Phi) is 4.26. The quantitative estimate of drug-likeness (QED) is 0.819. The third-order valence-electron chi connectivity index (χ3n) is 4.36. The van der Waals surface area contributed by atoms with Crippen LogP contribution in [-0.4, -0.2) is 11.9 Å². The van der Waals surface area contributed by atoms with E-state index < -0.39 is 23.2 Å². The van der Waals surface area contributed by atoms with Gasteiger partial charge in [-0.15, -0.1) is 0 Å². The van der Waals surface area contributed by atoms with Gasteiger partial charge in [-0.3, -0.25) is 4.79 Å². The molecule has 20 heavy (non-hydrogen) atoms. The molecule has 3 unspecified atom stereocenters. The van der Waals surface area contributed by atoms with Gasteiger partial charge in [-0.05, 0) is 30.4 Å². The molecule has 1 aliphatic carbocycles. The first-order chi connectivity index (χ1) is 9.40. The molecule has 0 radical (unpaired) electrons. The summed E-state index contributed by atoms with van der Waals surface area (Å²) in [5.74, 6) is -1.36. The maximum absolute atomic E-state index is 13.4. The maximum Gasteiger partial charge on any atom is 0.251 e. The number of nitrogen functional groups attached to an aromatic ring is 1. The molecule has 0 aromatic heterocycles. The minimum Gasteiger partial charge on any atom is -0.394 e. The average molecular weight is 282 g/mol. The molecule has 3 atom stereocenters. The Morgan fingerprint density at radius 3 is 2.45 bits per heavy atom. The van der Waals surface area contributed by atoms with Gasteiger partial charge in [-0.1, -0.05) is 26.7 Å². The van der Waals surface area contributed by atoms with Crippen LogP contribution in [0.5, 0.6) is 0 Å². The molecule has 2 rings (SSSR count). The summed E-state index contributed by atoms with van der Waals surface area (Å²) >= 11 is 0. The zero-order valence-corrected chi connectivity index (χ0v) is 11.7. The molecule has 5 heteroatoms. The molecule has 1 fully saturated rings. The van der Waals surface area contributed by atoms with Gasteiger partial charge in [0.15, 0.2) is 0 Å². The molecule has 0 aliphatic heterocycles. The number of hydrogen-bond acceptors (Lipinski definition) is 2. The third kappa shape index (κ3) is 2.92. The van der Waals surface area contributed by atoms with Crippen molar-refractivity contribution in [3.8, 4) is 0 Å². The Hall–Kier alpha value is -1.65. The summed E-state index contributed by atoms with van der Waals surface area (Å²) in [7, 11) is 0. The van der Waals surface area contributed by atoms with Gasteiger partial charge in [0.25, 0.3) is 5.91 Å². The van der Waals surface area contributed by atoms with Crippen molar-refractivity contribution in [2.24, 2.45) is 11.8 Å². The molecular formula is C15H20F2N2O. The summed E-state index contributed by atoms with van der Waals surface area (Å²) < 4.78 is 26.7. The summed E-state index contributed by atoms with van der Waals surface area (Å²) in [6, 6.07) is 2.00. The van der Waals surface area contributed by atoms with Gasteiger partial charge in [0.2, 0.25) is 0 Å². The molecule has 0 saturated heterocycles. The van der Waals surface area contributed by atoms with Crippen LogP contribution in [-0.2, 0) is 0 Å². The number of amides is 1. The topological polar surface area (TPSA) is 55.1 Å². The van der Waals surface area contributed by atoms with E-state index in [9.17, 15) is 13.6 Å². The van der Waals surface area contributed by atoms with E-state index in [0.29, 0.717) is 11.8 Å². The normalized spacial score (nSPS) is 26.3. The van der Waals surface area contributed by atoms with E-state index >= 15 is 0 Å². The molecule has 0 spiro atoms. The molecule has 3 nitrogen and oxygen atoms in total. The summed E-state index contributed by atoms with van der Waals surface area (Å²) in [5.41, 5.74) is 4.61. The number of halogens is 2. The van der Waals surface area contributed by atoms with Crippen LogP contribution in [0.4, 0.5) is 14.5 Å². The van der Waals surface area contributed by atoms with Crippen LogP contribution in [0.2, 0.25) is 0 Å². The Labute approximate surface area is 117 Å². The largest absolute Gasteiger partial charge is 0.394 e. The standard InChI is InChI=1S/C15H20F2N2O/c1-8-4-3-5-13(9(8)2)19-15(20)10-6-11(16)14(18)12(17)7-10/h6-9,13H,3-5,18H2,1-2H3,(H,19,20). The van der Waals surface area contributed by atoms with Crippen LogP contribution in [0.1, 0.15) is 43.5 Å². The highest BCUT2D eigenvalue weighted by atomic mass is 19.1. The van der Waals surface area contributed by atoms with Gasteiger partial charge in [-0.2, -0.15) is 0 Å². The van der Waals surface area contributed by atoms with Crippen LogP contribution in [0.25, 0.3) is 0 Å². The molecule has 1 saturated carbocycles. The Morgan fingerprint density at radius 1 is 1.25 bits per heavy atom. The Morgan fingerprint density at radius 2 is 1.85 bits per heavy atom. The lowest BCUT2D eigenvalue weighted by atomic mass is 9.78. The number of anilines is 1. The van der Waals surface area contributed by atoms with E-state index in [-0.39, 0.29) is 11.6 Å². The molecular weight excluding hydrogens is 262 g/mol. The summed E-state index contributed by atoms with van der Waals surface area (Å²) in [6.45, 7) is 4.25. The first-order valence-electron chi connectivity index (χ1n) is 6.95. The molecule has 1 aliphatic rings. The number of carbonyl (C=O) groups is 1. The lowest BCUT2D eigenvalue weighted by Crippen LogP contribution is -2.43. The molecule has 1 aromatic rings. The first-order valence-corrected chi connectivity index (χ1v) is 6.95. The average Bonchev–Trinajstić information content (AvgIpc) is 2.40. The minimum atomic E-state index is -0.903. The molecule has 1 amide bonds. The van der Waals surface area contributed by atoms with Crippen molar-refractivity contribution in [2.75, 3.05) is 5.73 Å². The van der Waals surface area contributed by atoms with Gasteiger partial charge < -0.3 is 11.1 Å². The first kappa shape index (κ1) is 14.8. The zero-order valence-electron chi connectivity index (χ0n) is 11.7. The number of rotatable bonds is 2. The molecule has 1 aromatic carbocycles. The van der Waals surface area contributed by atoms with E-state index in [1.165, 1.54) is 0 Å². The number of nitrogens with one attached hydrogen (secondary N) is 1. The van der Waals surface area contributed by atoms with E-state index in [4.69, 9.17) is 5.73 Å². The molecule has 3 N–H and O–H groups in total. The van der Waals surface area contributed by atoms with Gasteiger partial charge in [0.1, 0.15) is 17.3 Å². The van der Waals surface area contributed by atoms with Crippen molar-refractivity contribution in [1.82, 2.24) is 5.32 Å². The Balaban J connectivity index is 2.12. The van der Waals surface area contributed by atoms with Crippen LogP contribution < -0.4 is 11.1 Å². The highest BCUT2D eigenvalue weighted by Gasteiger charge is 2.28. The van der Waals surface area contributed by atoms with Crippen LogP contribution >= 0.6 is 0 Å².